The highest BCUT2D eigenvalue weighted by molar-refractivity contribution is 6.31. The van der Waals surface area contributed by atoms with Gasteiger partial charge in [0.05, 0.1) is 6.54 Å². The van der Waals surface area contributed by atoms with Gasteiger partial charge in [-0.2, -0.15) is 5.10 Å². The van der Waals surface area contributed by atoms with Crippen molar-refractivity contribution in [2.75, 3.05) is 11.9 Å². The molecule has 110 valence electrons. The number of aromatic nitrogens is 2. The summed E-state index contributed by atoms with van der Waals surface area (Å²) in [7, 11) is 0. The monoisotopic (exact) mass is 306 g/mol. The largest absolute Gasteiger partial charge is 0.343 e. The lowest BCUT2D eigenvalue weighted by atomic mass is 10.2. The van der Waals surface area contributed by atoms with Crippen molar-refractivity contribution in [1.82, 2.24) is 15.5 Å². The summed E-state index contributed by atoms with van der Waals surface area (Å²) in [4.78, 5) is 23.6. The molecule has 0 spiro atoms. The molecule has 0 saturated heterocycles. The molecule has 2 aromatic rings. The van der Waals surface area contributed by atoms with E-state index in [2.05, 4.69) is 20.8 Å². The van der Waals surface area contributed by atoms with Crippen molar-refractivity contribution in [2.24, 2.45) is 0 Å². The number of nitrogens with one attached hydrogen (secondary N) is 3. The highest BCUT2D eigenvalue weighted by atomic mass is 35.5. The van der Waals surface area contributed by atoms with Gasteiger partial charge in [-0.15, -0.1) is 0 Å². The van der Waals surface area contributed by atoms with Gasteiger partial charge in [0.15, 0.2) is 5.82 Å². The van der Waals surface area contributed by atoms with Gasteiger partial charge in [0, 0.05) is 21.8 Å². The normalized spacial score (nSPS) is 10.2. The third kappa shape index (κ3) is 3.82. The first-order valence-electron chi connectivity index (χ1n) is 6.32. The third-order valence-corrected chi connectivity index (χ3v) is 3.24. The summed E-state index contributed by atoms with van der Waals surface area (Å²) in [6.07, 6.45) is 0. The topological polar surface area (TPSA) is 86.9 Å². The summed E-state index contributed by atoms with van der Waals surface area (Å²) >= 11 is 5.81. The van der Waals surface area contributed by atoms with Gasteiger partial charge < -0.3 is 10.6 Å². The Hall–Kier alpha value is -2.34. The number of hydrogen-bond acceptors (Lipinski definition) is 3. The lowest BCUT2D eigenvalue weighted by Gasteiger charge is -2.06. The smallest absolute Gasteiger partial charge is 0.251 e. The molecule has 6 nitrogen and oxygen atoms in total. The molecule has 0 atom stereocenters. The van der Waals surface area contributed by atoms with E-state index < -0.39 is 0 Å². The average molecular weight is 307 g/mol. The number of halogens is 1. The van der Waals surface area contributed by atoms with Crippen LogP contribution in [0.3, 0.4) is 0 Å². The van der Waals surface area contributed by atoms with Gasteiger partial charge in [-0.25, -0.2) is 0 Å². The molecule has 3 N–H and O–H groups in total. The second-order valence-electron chi connectivity index (χ2n) is 4.56. The third-order valence-electron chi connectivity index (χ3n) is 3.01. The summed E-state index contributed by atoms with van der Waals surface area (Å²) in [5, 5.41) is 12.4. The molecule has 2 amide bonds. The van der Waals surface area contributed by atoms with Gasteiger partial charge in [-0.3, -0.25) is 14.7 Å². The fourth-order valence-electron chi connectivity index (χ4n) is 1.68. The van der Waals surface area contributed by atoms with Crippen LogP contribution >= 0.6 is 11.6 Å². The fraction of sp³-hybridized carbons (Fsp3) is 0.214. The molecule has 21 heavy (non-hydrogen) atoms. The van der Waals surface area contributed by atoms with Crippen LogP contribution in [0.2, 0.25) is 5.02 Å². The van der Waals surface area contributed by atoms with Crippen molar-refractivity contribution < 1.29 is 9.59 Å². The number of H-pyrrole nitrogens is 1. The van der Waals surface area contributed by atoms with E-state index in [1.807, 2.05) is 13.8 Å². The Morgan fingerprint density at radius 3 is 2.71 bits per heavy atom. The quantitative estimate of drug-likeness (QED) is 0.808. The highest BCUT2D eigenvalue weighted by Gasteiger charge is 2.11. The molecule has 0 bridgehead atoms. The highest BCUT2D eigenvalue weighted by Crippen LogP contribution is 2.13. The summed E-state index contributed by atoms with van der Waals surface area (Å²) in [6.45, 7) is 3.56. The summed E-state index contributed by atoms with van der Waals surface area (Å²) in [5.41, 5.74) is 2.15. The maximum absolute atomic E-state index is 11.9. The molecule has 0 radical (unpaired) electrons. The van der Waals surface area contributed by atoms with E-state index in [4.69, 9.17) is 11.6 Å². The van der Waals surface area contributed by atoms with Gasteiger partial charge in [0.25, 0.3) is 5.91 Å². The molecule has 0 aliphatic carbocycles. The number of nitrogens with zero attached hydrogens (tertiary/aromatic N) is 1. The van der Waals surface area contributed by atoms with Crippen LogP contribution in [0.5, 0.6) is 0 Å². The first-order chi connectivity index (χ1) is 9.97. The molecule has 0 aliphatic rings. The van der Waals surface area contributed by atoms with E-state index in [1.165, 1.54) is 6.07 Å². The molecule has 0 fully saturated rings. The van der Waals surface area contributed by atoms with Gasteiger partial charge in [-0.1, -0.05) is 17.7 Å². The molecule has 2 rings (SSSR count). The molecule has 0 aliphatic heterocycles. The number of carbonyl (C=O) groups is 2. The standard InChI is InChI=1S/C14H15ClN4O2/c1-8-9(2)18-19-13(8)17-12(20)7-16-14(21)10-4-3-5-11(15)6-10/h3-6H,7H2,1-2H3,(H,16,21)(H2,17,18,19,20). The first kappa shape index (κ1) is 15.1. The average Bonchev–Trinajstić information content (AvgIpc) is 2.77. The zero-order chi connectivity index (χ0) is 15.4. The predicted octanol–water partition coefficient (Wildman–Crippen LogP) is 2.05. The van der Waals surface area contributed by atoms with E-state index >= 15 is 0 Å². The molecule has 1 heterocycles. The van der Waals surface area contributed by atoms with Crippen molar-refractivity contribution in [2.45, 2.75) is 13.8 Å². The number of rotatable bonds is 4. The number of hydrogen-bond donors (Lipinski definition) is 3. The van der Waals surface area contributed by atoms with Crippen LogP contribution in [0.4, 0.5) is 5.82 Å². The van der Waals surface area contributed by atoms with Gasteiger partial charge in [0.1, 0.15) is 0 Å². The summed E-state index contributed by atoms with van der Waals surface area (Å²) < 4.78 is 0. The maximum atomic E-state index is 11.9. The summed E-state index contributed by atoms with van der Waals surface area (Å²) in [6, 6.07) is 6.51. The number of carbonyl (C=O) groups excluding carboxylic acids is 2. The Kier molecular flexibility index (Phi) is 4.59. The molecule has 0 unspecified atom stereocenters. The lowest BCUT2D eigenvalue weighted by molar-refractivity contribution is -0.115. The van der Waals surface area contributed by atoms with Crippen LogP contribution in [0, 0.1) is 13.8 Å². The van der Waals surface area contributed by atoms with Crippen LogP contribution in [0.1, 0.15) is 21.6 Å². The number of benzene rings is 1. The molecule has 7 heteroatoms. The second-order valence-corrected chi connectivity index (χ2v) is 5.00. The van der Waals surface area contributed by atoms with Crippen LogP contribution in [0.25, 0.3) is 0 Å². The lowest BCUT2D eigenvalue weighted by Crippen LogP contribution is -2.33. The molecular weight excluding hydrogens is 292 g/mol. The van der Waals surface area contributed by atoms with Crippen LogP contribution in [-0.4, -0.2) is 28.6 Å². The van der Waals surface area contributed by atoms with Gasteiger partial charge in [0.2, 0.25) is 5.91 Å². The SMILES string of the molecule is Cc1[nH]nc(NC(=O)CNC(=O)c2cccc(Cl)c2)c1C. The summed E-state index contributed by atoms with van der Waals surface area (Å²) in [5.74, 6) is -0.239. The van der Waals surface area contributed by atoms with Crippen molar-refractivity contribution in [3.63, 3.8) is 0 Å². The molecular formula is C14H15ClN4O2. The Bertz CT molecular complexity index is 681. The Morgan fingerprint density at radius 1 is 1.33 bits per heavy atom. The van der Waals surface area contributed by atoms with Crippen molar-refractivity contribution in [1.29, 1.82) is 0 Å². The van der Waals surface area contributed by atoms with E-state index in [1.54, 1.807) is 18.2 Å². The number of amides is 2. The van der Waals surface area contributed by atoms with E-state index in [0.29, 0.717) is 16.4 Å². The molecule has 1 aromatic heterocycles. The Morgan fingerprint density at radius 2 is 2.10 bits per heavy atom. The van der Waals surface area contributed by atoms with Gasteiger partial charge in [-0.05, 0) is 32.0 Å². The second kappa shape index (κ2) is 6.41. The van der Waals surface area contributed by atoms with E-state index in [9.17, 15) is 9.59 Å². The van der Waals surface area contributed by atoms with Crippen molar-refractivity contribution >= 4 is 29.2 Å². The predicted molar refractivity (Wildman–Crippen MR) is 80.5 cm³/mol. The minimum absolute atomic E-state index is 0.142. The number of aromatic amines is 1. The number of aryl methyl sites for hydroxylation is 1. The minimum Gasteiger partial charge on any atom is -0.343 e. The Balaban J connectivity index is 1.89. The van der Waals surface area contributed by atoms with E-state index in [0.717, 1.165) is 11.3 Å². The van der Waals surface area contributed by atoms with Gasteiger partial charge >= 0.3 is 0 Å². The Labute approximate surface area is 126 Å². The number of anilines is 1. The van der Waals surface area contributed by atoms with Crippen molar-refractivity contribution in [3.8, 4) is 0 Å². The van der Waals surface area contributed by atoms with Crippen LogP contribution in [0.15, 0.2) is 24.3 Å². The zero-order valence-corrected chi connectivity index (χ0v) is 12.4. The van der Waals surface area contributed by atoms with E-state index in [-0.39, 0.29) is 18.4 Å². The maximum Gasteiger partial charge on any atom is 0.251 e. The minimum atomic E-state index is -0.359. The fourth-order valence-corrected chi connectivity index (χ4v) is 1.87. The van der Waals surface area contributed by atoms with Crippen molar-refractivity contribution in [3.05, 3.63) is 46.1 Å². The molecule has 1 aromatic carbocycles. The van der Waals surface area contributed by atoms with Crippen LogP contribution in [-0.2, 0) is 4.79 Å². The zero-order valence-electron chi connectivity index (χ0n) is 11.7. The first-order valence-corrected chi connectivity index (χ1v) is 6.70. The molecule has 0 saturated carbocycles. The van der Waals surface area contributed by atoms with Crippen LogP contribution < -0.4 is 10.6 Å².